The molecule has 2 amide bonds. The van der Waals surface area contributed by atoms with Crippen molar-refractivity contribution in [3.8, 4) is 0 Å². The topological polar surface area (TPSA) is 104 Å². The lowest BCUT2D eigenvalue weighted by atomic mass is 10.0. The minimum absolute atomic E-state index is 0.109. The summed E-state index contributed by atoms with van der Waals surface area (Å²) in [5.41, 5.74) is 2.48. The van der Waals surface area contributed by atoms with Gasteiger partial charge in [0.2, 0.25) is 11.5 Å². The number of pyridine rings is 1. The monoisotopic (exact) mass is 396 g/mol. The molecule has 0 aliphatic carbocycles. The summed E-state index contributed by atoms with van der Waals surface area (Å²) in [6, 6.07) is 10.4. The van der Waals surface area contributed by atoms with Gasteiger partial charge in [-0.1, -0.05) is 32.0 Å². The molecular weight excluding hydrogens is 376 g/mol. The quantitative estimate of drug-likeness (QED) is 0.594. The molecule has 0 atom stereocenters. The minimum Gasteiger partial charge on any atom is -0.328 e. The van der Waals surface area contributed by atoms with E-state index in [0.29, 0.717) is 22.3 Å². The zero-order valence-electron chi connectivity index (χ0n) is 15.5. The van der Waals surface area contributed by atoms with E-state index in [1.165, 1.54) is 29.7 Å². The standard InChI is InChI=1S/C20H20N4O3S/c1-12(2)15-5-3-4-6-16(15)23-18(26)9-14-11-28-20(22-14)24-19(27)13-7-8-17(25)21-10-13/h3-8,10-12H,9H2,1-2H3,(H,21,25)(H,23,26)(H,22,24,27). The van der Waals surface area contributed by atoms with Gasteiger partial charge in [0, 0.05) is 23.3 Å². The second-order valence-corrected chi connectivity index (χ2v) is 7.36. The Morgan fingerprint density at radius 3 is 2.64 bits per heavy atom. The van der Waals surface area contributed by atoms with Crippen molar-refractivity contribution < 1.29 is 9.59 Å². The van der Waals surface area contributed by atoms with Crippen LogP contribution >= 0.6 is 11.3 Å². The highest BCUT2D eigenvalue weighted by molar-refractivity contribution is 7.14. The lowest BCUT2D eigenvalue weighted by Crippen LogP contribution is -2.16. The number of rotatable bonds is 6. The summed E-state index contributed by atoms with van der Waals surface area (Å²) in [6.45, 7) is 4.14. The van der Waals surface area contributed by atoms with Gasteiger partial charge in [-0.2, -0.15) is 0 Å². The van der Waals surface area contributed by atoms with Gasteiger partial charge < -0.3 is 10.3 Å². The van der Waals surface area contributed by atoms with Gasteiger partial charge in [0.25, 0.3) is 5.91 Å². The van der Waals surface area contributed by atoms with E-state index in [-0.39, 0.29) is 23.8 Å². The first-order chi connectivity index (χ1) is 13.4. The molecule has 1 aromatic carbocycles. The maximum atomic E-state index is 12.4. The molecule has 144 valence electrons. The number of anilines is 2. The number of hydrogen-bond acceptors (Lipinski definition) is 5. The SMILES string of the molecule is CC(C)c1ccccc1NC(=O)Cc1csc(NC(=O)c2ccc(=O)[nH]c2)n1. The first-order valence-electron chi connectivity index (χ1n) is 8.75. The molecule has 8 heteroatoms. The van der Waals surface area contributed by atoms with Crippen LogP contribution in [0.3, 0.4) is 0 Å². The Balaban J connectivity index is 1.61. The molecule has 28 heavy (non-hydrogen) atoms. The maximum Gasteiger partial charge on any atom is 0.258 e. The van der Waals surface area contributed by atoms with Gasteiger partial charge >= 0.3 is 0 Å². The molecule has 0 saturated heterocycles. The van der Waals surface area contributed by atoms with Crippen molar-refractivity contribution in [1.29, 1.82) is 0 Å². The van der Waals surface area contributed by atoms with E-state index in [0.717, 1.165) is 11.3 Å². The molecule has 0 radical (unpaired) electrons. The van der Waals surface area contributed by atoms with Crippen molar-refractivity contribution >= 4 is 34.0 Å². The number of thiazole rings is 1. The Morgan fingerprint density at radius 1 is 1.14 bits per heavy atom. The molecule has 0 aliphatic rings. The lowest BCUT2D eigenvalue weighted by Gasteiger charge is -2.13. The molecule has 0 aliphatic heterocycles. The van der Waals surface area contributed by atoms with E-state index in [9.17, 15) is 14.4 Å². The zero-order chi connectivity index (χ0) is 20.1. The Hall–Kier alpha value is -3.26. The van der Waals surface area contributed by atoms with E-state index in [4.69, 9.17) is 0 Å². The fourth-order valence-electron chi connectivity index (χ4n) is 2.64. The largest absolute Gasteiger partial charge is 0.328 e. The van der Waals surface area contributed by atoms with Gasteiger partial charge in [0.05, 0.1) is 17.7 Å². The molecule has 2 aromatic heterocycles. The van der Waals surface area contributed by atoms with Crippen molar-refractivity contribution in [1.82, 2.24) is 9.97 Å². The number of hydrogen-bond donors (Lipinski definition) is 3. The van der Waals surface area contributed by atoms with Crippen molar-refractivity contribution in [3.05, 3.63) is 75.1 Å². The van der Waals surface area contributed by atoms with E-state index in [1.807, 2.05) is 24.3 Å². The normalized spacial score (nSPS) is 10.7. The second-order valence-electron chi connectivity index (χ2n) is 6.51. The molecule has 7 nitrogen and oxygen atoms in total. The molecule has 0 fully saturated rings. The van der Waals surface area contributed by atoms with Crippen molar-refractivity contribution in [2.75, 3.05) is 10.6 Å². The molecule has 3 N–H and O–H groups in total. The predicted molar refractivity (Wildman–Crippen MR) is 110 cm³/mol. The molecule has 0 spiro atoms. The van der Waals surface area contributed by atoms with Gasteiger partial charge in [0.1, 0.15) is 0 Å². The number of nitrogens with one attached hydrogen (secondary N) is 3. The molecule has 2 heterocycles. The van der Waals surface area contributed by atoms with Gasteiger partial charge in [-0.25, -0.2) is 4.98 Å². The third-order valence-corrected chi connectivity index (χ3v) is 4.82. The van der Waals surface area contributed by atoms with E-state index in [1.54, 1.807) is 5.38 Å². The fourth-order valence-corrected chi connectivity index (χ4v) is 3.35. The van der Waals surface area contributed by atoms with E-state index < -0.39 is 0 Å². The number of benzene rings is 1. The van der Waals surface area contributed by atoms with Crippen molar-refractivity contribution in [2.45, 2.75) is 26.2 Å². The highest BCUT2D eigenvalue weighted by atomic mass is 32.1. The van der Waals surface area contributed by atoms with Gasteiger partial charge in [-0.05, 0) is 23.6 Å². The average Bonchev–Trinajstić information content (AvgIpc) is 3.09. The molecule has 0 saturated carbocycles. The number of carbonyl (C=O) groups is 2. The van der Waals surface area contributed by atoms with Crippen molar-refractivity contribution in [3.63, 3.8) is 0 Å². The zero-order valence-corrected chi connectivity index (χ0v) is 16.3. The summed E-state index contributed by atoms with van der Waals surface area (Å²) in [6.07, 6.45) is 1.45. The summed E-state index contributed by atoms with van der Waals surface area (Å²) in [5.74, 6) is -0.255. The van der Waals surface area contributed by atoms with Gasteiger partial charge in [-0.15, -0.1) is 11.3 Å². The molecule has 3 aromatic rings. The highest BCUT2D eigenvalue weighted by Crippen LogP contribution is 2.24. The third kappa shape index (κ3) is 4.92. The smallest absolute Gasteiger partial charge is 0.258 e. The Morgan fingerprint density at radius 2 is 1.93 bits per heavy atom. The average molecular weight is 396 g/mol. The van der Waals surface area contributed by atoms with Crippen LogP contribution in [0.2, 0.25) is 0 Å². The minimum atomic E-state index is -0.382. The highest BCUT2D eigenvalue weighted by Gasteiger charge is 2.13. The molecule has 3 rings (SSSR count). The van der Waals surface area contributed by atoms with E-state index in [2.05, 4.69) is 34.4 Å². The molecular formula is C20H20N4O3S. The van der Waals surface area contributed by atoms with Crippen LogP contribution in [-0.4, -0.2) is 21.8 Å². The van der Waals surface area contributed by atoms with Crippen LogP contribution in [0.4, 0.5) is 10.8 Å². The number of aromatic nitrogens is 2. The summed E-state index contributed by atoms with van der Waals surface area (Å²) in [4.78, 5) is 42.3. The summed E-state index contributed by atoms with van der Waals surface area (Å²) >= 11 is 1.24. The predicted octanol–water partition coefficient (Wildman–Crippen LogP) is 3.39. The number of nitrogens with zero attached hydrogens (tertiary/aromatic N) is 1. The third-order valence-electron chi connectivity index (χ3n) is 4.02. The van der Waals surface area contributed by atoms with Crippen LogP contribution in [-0.2, 0) is 11.2 Å². The van der Waals surface area contributed by atoms with Gasteiger partial charge in [0.15, 0.2) is 5.13 Å². The number of amides is 2. The summed E-state index contributed by atoms with van der Waals surface area (Å²) in [7, 11) is 0. The number of aromatic amines is 1. The number of H-pyrrole nitrogens is 1. The molecule has 0 bridgehead atoms. The second kappa shape index (κ2) is 8.62. The molecule has 0 unspecified atom stereocenters. The van der Waals surface area contributed by atoms with Crippen LogP contribution in [0.25, 0.3) is 0 Å². The van der Waals surface area contributed by atoms with Crippen LogP contribution in [0, 0.1) is 0 Å². The Labute approximate surface area is 165 Å². The summed E-state index contributed by atoms with van der Waals surface area (Å²) in [5, 5.41) is 7.71. The first kappa shape index (κ1) is 19.5. The first-order valence-corrected chi connectivity index (χ1v) is 9.63. The summed E-state index contributed by atoms with van der Waals surface area (Å²) < 4.78 is 0. The van der Waals surface area contributed by atoms with Crippen molar-refractivity contribution in [2.24, 2.45) is 0 Å². The van der Waals surface area contributed by atoms with Crippen LogP contribution in [0.15, 0.2) is 52.8 Å². The Kier molecular flexibility index (Phi) is 6.00. The Bertz CT molecular complexity index is 1030. The van der Waals surface area contributed by atoms with E-state index >= 15 is 0 Å². The van der Waals surface area contributed by atoms with Gasteiger partial charge in [-0.3, -0.25) is 19.7 Å². The fraction of sp³-hybridized carbons (Fsp3) is 0.200. The maximum absolute atomic E-state index is 12.4. The van der Waals surface area contributed by atoms with Crippen LogP contribution in [0.1, 0.15) is 41.4 Å². The number of para-hydroxylation sites is 1. The number of carbonyl (C=O) groups excluding carboxylic acids is 2. The lowest BCUT2D eigenvalue weighted by molar-refractivity contribution is -0.115. The van der Waals surface area contributed by atoms with Crippen LogP contribution in [0.5, 0.6) is 0 Å². The van der Waals surface area contributed by atoms with Crippen LogP contribution < -0.4 is 16.2 Å².